The van der Waals surface area contributed by atoms with Crippen LogP contribution in [0.1, 0.15) is 40.2 Å². The number of carbonyl (C=O) groups excluding carboxylic acids is 2. The van der Waals surface area contributed by atoms with E-state index in [1.54, 1.807) is 22.9 Å². The predicted molar refractivity (Wildman–Crippen MR) is 152 cm³/mol. The number of benzene rings is 3. The van der Waals surface area contributed by atoms with Gasteiger partial charge < -0.3 is 30.6 Å². The van der Waals surface area contributed by atoms with Crippen LogP contribution in [0.4, 0.5) is 0 Å². The van der Waals surface area contributed by atoms with Gasteiger partial charge in [0.2, 0.25) is 5.78 Å². The second-order valence-electron chi connectivity index (χ2n) is 9.85. The van der Waals surface area contributed by atoms with Crippen molar-refractivity contribution in [2.75, 3.05) is 19.8 Å². The third kappa shape index (κ3) is 5.78. The molecule has 4 aromatic rings. The highest BCUT2D eigenvalue weighted by molar-refractivity contribution is 6.31. The quantitative estimate of drug-likeness (QED) is 0.210. The lowest BCUT2D eigenvalue weighted by Crippen LogP contribution is -2.38. The van der Waals surface area contributed by atoms with Crippen molar-refractivity contribution in [2.24, 2.45) is 5.73 Å². The van der Waals surface area contributed by atoms with E-state index in [9.17, 15) is 14.7 Å². The standard InChI is InChI=1S/C30H30ClN3O5/c1-17(32)24-11-21-10-22(31)6-4-20(21)13-29(24)39-16-28(37)25-14-34(15-27(36)30(38)33-8-9-35)26-12-19(18-2-3-18)5-7-23(25)26/h4-7,10-14,18,27,35-36H,1-3,8-9,15-16,32H2,(H,33,38)/t27-/m0/s1. The first-order valence-electron chi connectivity index (χ1n) is 12.8. The highest BCUT2D eigenvalue weighted by Crippen LogP contribution is 2.41. The van der Waals surface area contributed by atoms with E-state index >= 15 is 0 Å². The number of nitrogens with zero attached hydrogens (tertiary/aromatic N) is 1. The molecule has 0 bridgehead atoms. The van der Waals surface area contributed by atoms with Crippen LogP contribution >= 0.6 is 11.6 Å². The molecule has 3 aromatic carbocycles. The van der Waals surface area contributed by atoms with Gasteiger partial charge in [-0.15, -0.1) is 0 Å². The number of hydrogen-bond acceptors (Lipinski definition) is 6. The Morgan fingerprint density at radius 2 is 1.92 bits per heavy atom. The number of fused-ring (bicyclic) bond motifs is 2. The Morgan fingerprint density at radius 1 is 1.13 bits per heavy atom. The van der Waals surface area contributed by atoms with Crippen molar-refractivity contribution in [3.8, 4) is 5.75 Å². The molecule has 5 rings (SSSR count). The summed E-state index contributed by atoms with van der Waals surface area (Å²) >= 11 is 6.13. The fourth-order valence-corrected chi connectivity index (χ4v) is 4.94. The Hall–Kier alpha value is -3.85. The SMILES string of the molecule is C=C(N)c1cc2cc(Cl)ccc2cc1OCC(=O)c1cn(C[C@H](O)C(=O)NCCO)c2cc(C3CC3)ccc12. The molecule has 39 heavy (non-hydrogen) atoms. The number of ether oxygens (including phenoxy) is 1. The van der Waals surface area contributed by atoms with E-state index in [2.05, 4.69) is 11.9 Å². The van der Waals surface area contributed by atoms with Crippen LogP contribution in [0.5, 0.6) is 5.75 Å². The average molecular weight is 548 g/mol. The van der Waals surface area contributed by atoms with Crippen molar-refractivity contribution in [2.45, 2.75) is 31.4 Å². The van der Waals surface area contributed by atoms with E-state index in [0.29, 0.717) is 38.9 Å². The third-order valence-electron chi connectivity index (χ3n) is 6.94. The van der Waals surface area contributed by atoms with E-state index in [1.807, 2.05) is 36.4 Å². The zero-order valence-corrected chi connectivity index (χ0v) is 22.1. The first kappa shape index (κ1) is 26.7. The minimum absolute atomic E-state index is 0.0413. The molecule has 0 radical (unpaired) electrons. The van der Waals surface area contributed by atoms with Gasteiger partial charge in [-0.25, -0.2) is 0 Å². The first-order chi connectivity index (χ1) is 18.7. The predicted octanol–water partition coefficient (Wildman–Crippen LogP) is 3.99. The molecule has 1 aliphatic carbocycles. The summed E-state index contributed by atoms with van der Waals surface area (Å²) in [4.78, 5) is 25.7. The van der Waals surface area contributed by atoms with Gasteiger partial charge in [-0.2, -0.15) is 0 Å². The molecular formula is C30H30ClN3O5. The van der Waals surface area contributed by atoms with Gasteiger partial charge in [0.1, 0.15) is 5.75 Å². The van der Waals surface area contributed by atoms with E-state index in [4.69, 9.17) is 27.2 Å². The van der Waals surface area contributed by atoms with Crippen LogP contribution in [0.15, 0.2) is 61.3 Å². The lowest BCUT2D eigenvalue weighted by molar-refractivity contribution is -0.130. The molecule has 1 saturated carbocycles. The number of carbonyl (C=O) groups is 2. The van der Waals surface area contributed by atoms with E-state index in [-0.39, 0.29) is 32.1 Å². The van der Waals surface area contributed by atoms with Gasteiger partial charge in [0, 0.05) is 45.5 Å². The van der Waals surface area contributed by atoms with E-state index < -0.39 is 12.0 Å². The van der Waals surface area contributed by atoms with Crippen molar-refractivity contribution in [1.29, 1.82) is 0 Å². The summed E-state index contributed by atoms with van der Waals surface area (Å²) < 4.78 is 7.70. The number of amides is 1. The molecule has 0 aliphatic heterocycles. The summed E-state index contributed by atoms with van der Waals surface area (Å²) in [5.41, 5.74) is 9.25. The molecular weight excluding hydrogens is 518 g/mol. The zero-order chi connectivity index (χ0) is 27.7. The number of aliphatic hydroxyl groups excluding tert-OH is 2. The minimum Gasteiger partial charge on any atom is -0.485 e. The fourth-order valence-electron chi connectivity index (χ4n) is 4.76. The number of aromatic nitrogens is 1. The summed E-state index contributed by atoms with van der Waals surface area (Å²) in [6, 6.07) is 15.1. The van der Waals surface area contributed by atoms with Crippen LogP contribution in [-0.4, -0.2) is 52.3 Å². The van der Waals surface area contributed by atoms with Crippen molar-refractivity contribution in [1.82, 2.24) is 9.88 Å². The topological polar surface area (TPSA) is 127 Å². The Kier molecular flexibility index (Phi) is 7.61. The molecule has 9 heteroatoms. The van der Waals surface area contributed by atoms with Crippen LogP contribution in [0.25, 0.3) is 27.4 Å². The van der Waals surface area contributed by atoms with E-state index in [0.717, 1.165) is 29.1 Å². The van der Waals surface area contributed by atoms with Crippen LogP contribution in [-0.2, 0) is 11.3 Å². The van der Waals surface area contributed by atoms with Gasteiger partial charge in [-0.3, -0.25) is 9.59 Å². The number of halogens is 1. The van der Waals surface area contributed by atoms with Gasteiger partial charge in [0.05, 0.1) is 13.2 Å². The second kappa shape index (κ2) is 11.1. The fraction of sp³-hybridized carbons (Fsp3) is 0.267. The highest BCUT2D eigenvalue weighted by atomic mass is 35.5. The van der Waals surface area contributed by atoms with Gasteiger partial charge in [0.15, 0.2) is 12.7 Å². The van der Waals surface area contributed by atoms with Crippen molar-refractivity contribution < 1.29 is 24.5 Å². The molecule has 1 atom stereocenters. The molecule has 0 spiro atoms. The molecule has 0 saturated heterocycles. The molecule has 1 aromatic heterocycles. The Balaban J connectivity index is 1.43. The number of nitrogens with one attached hydrogen (secondary N) is 1. The highest BCUT2D eigenvalue weighted by Gasteiger charge is 2.26. The molecule has 202 valence electrons. The van der Waals surface area contributed by atoms with Gasteiger partial charge in [-0.05, 0) is 65.4 Å². The smallest absolute Gasteiger partial charge is 0.250 e. The zero-order valence-electron chi connectivity index (χ0n) is 21.3. The van der Waals surface area contributed by atoms with Gasteiger partial charge in [0.25, 0.3) is 5.91 Å². The molecule has 0 unspecified atom stereocenters. The number of ketones is 1. The summed E-state index contributed by atoms with van der Waals surface area (Å²) in [5, 5.41) is 25.0. The molecule has 1 aliphatic rings. The molecule has 5 N–H and O–H groups in total. The monoisotopic (exact) mass is 547 g/mol. The minimum atomic E-state index is -1.35. The van der Waals surface area contributed by atoms with Crippen LogP contribution < -0.4 is 15.8 Å². The number of nitrogens with two attached hydrogens (primary N) is 1. The Morgan fingerprint density at radius 3 is 2.64 bits per heavy atom. The van der Waals surface area contributed by atoms with E-state index in [1.165, 1.54) is 5.56 Å². The number of aliphatic hydroxyl groups is 2. The molecule has 1 amide bonds. The third-order valence-corrected chi connectivity index (χ3v) is 7.18. The maximum atomic E-state index is 13.4. The number of rotatable bonds is 11. The lowest BCUT2D eigenvalue weighted by atomic mass is 10.0. The van der Waals surface area contributed by atoms with Crippen molar-refractivity contribution in [3.63, 3.8) is 0 Å². The molecule has 1 fully saturated rings. The largest absolute Gasteiger partial charge is 0.485 e. The normalized spacial score (nSPS) is 13.9. The van der Waals surface area contributed by atoms with Crippen molar-refractivity contribution in [3.05, 3.63) is 83.0 Å². The Labute approximate surface area is 230 Å². The summed E-state index contributed by atoms with van der Waals surface area (Å²) in [6.07, 6.45) is 2.54. The van der Waals surface area contributed by atoms with Crippen LogP contribution in [0, 0.1) is 0 Å². The van der Waals surface area contributed by atoms with Crippen LogP contribution in [0.2, 0.25) is 5.02 Å². The summed E-state index contributed by atoms with van der Waals surface area (Å²) in [6.45, 7) is 3.38. The summed E-state index contributed by atoms with van der Waals surface area (Å²) in [5.74, 6) is 0.0690. The number of hydrogen-bond donors (Lipinski definition) is 4. The maximum absolute atomic E-state index is 13.4. The number of Topliss-reactive ketones (excluding diaryl/α,β-unsaturated/α-hetero) is 1. The molecule has 8 nitrogen and oxygen atoms in total. The lowest BCUT2D eigenvalue weighted by Gasteiger charge is -2.13. The average Bonchev–Trinajstić information content (AvgIpc) is 3.72. The summed E-state index contributed by atoms with van der Waals surface area (Å²) in [7, 11) is 0. The molecule has 1 heterocycles. The van der Waals surface area contributed by atoms with Crippen molar-refractivity contribution >= 4 is 50.7 Å². The first-order valence-corrected chi connectivity index (χ1v) is 13.2. The Bertz CT molecular complexity index is 1590. The van der Waals surface area contributed by atoms with Gasteiger partial charge >= 0.3 is 0 Å². The van der Waals surface area contributed by atoms with Gasteiger partial charge in [-0.1, -0.05) is 36.4 Å². The second-order valence-corrected chi connectivity index (χ2v) is 10.3. The van der Waals surface area contributed by atoms with Crippen LogP contribution in [0.3, 0.4) is 0 Å². The maximum Gasteiger partial charge on any atom is 0.250 e.